The van der Waals surface area contributed by atoms with Crippen LogP contribution in [-0.2, 0) is 16.4 Å². The minimum absolute atomic E-state index is 0.0407. The maximum absolute atomic E-state index is 11.8. The number of carbonyl (C=O) groups is 1. The monoisotopic (exact) mass is 449 g/mol. The zero-order chi connectivity index (χ0) is 22.7. The second-order valence-electron chi connectivity index (χ2n) is 7.04. The molecule has 0 fully saturated rings. The average Bonchev–Trinajstić information content (AvgIpc) is 3.22. The van der Waals surface area contributed by atoms with Gasteiger partial charge in [0.1, 0.15) is 17.0 Å². The number of carboxylic acids is 1. The molecule has 0 saturated heterocycles. The van der Waals surface area contributed by atoms with E-state index in [1.165, 1.54) is 18.2 Å². The summed E-state index contributed by atoms with van der Waals surface area (Å²) < 4.78 is 35.2. The Balaban J connectivity index is 1.70. The summed E-state index contributed by atoms with van der Waals surface area (Å²) in [6.07, 6.45) is 1.15. The summed E-state index contributed by atoms with van der Waals surface area (Å²) >= 11 is 0. The molecule has 162 valence electrons. The van der Waals surface area contributed by atoms with E-state index in [-0.39, 0.29) is 28.7 Å². The molecule has 7 nitrogen and oxygen atoms in total. The van der Waals surface area contributed by atoms with E-state index in [4.69, 9.17) is 9.15 Å². The molecule has 0 spiro atoms. The molecule has 1 N–H and O–H groups in total. The fraction of sp³-hybridized carbons (Fsp3) is 0.0833. The van der Waals surface area contributed by atoms with Crippen LogP contribution in [0.25, 0.3) is 22.6 Å². The Morgan fingerprint density at radius 1 is 0.938 bits per heavy atom. The highest BCUT2D eigenvalue weighted by Crippen LogP contribution is 2.33. The fourth-order valence-corrected chi connectivity index (χ4v) is 3.81. The highest BCUT2D eigenvalue weighted by atomic mass is 32.2. The van der Waals surface area contributed by atoms with E-state index in [0.717, 1.165) is 11.8 Å². The Bertz CT molecular complexity index is 1360. The summed E-state index contributed by atoms with van der Waals surface area (Å²) in [7, 11) is -3.32. The molecule has 0 bridgehead atoms. The van der Waals surface area contributed by atoms with Crippen LogP contribution in [0.3, 0.4) is 0 Å². The Hall–Kier alpha value is -3.91. The van der Waals surface area contributed by atoms with Gasteiger partial charge in [0.25, 0.3) is 0 Å². The van der Waals surface area contributed by atoms with E-state index in [1.807, 2.05) is 30.3 Å². The number of benzene rings is 3. The van der Waals surface area contributed by atoms with Gasteiger partial charge < -0.3 is 14.3 Å². The molecular formula is C24H19NO6S. The average molecular weight is 449 g/mol. The van der Waals surface area contributed by atoms with Crippen LogP contribution in [0.4, 0.5) is 0 Å². The van der Waals surface area contributed by atoms with Crippen molar-refractivity contribution in [2.75, 3.05) is 6.26 Å². The summed E-state index contributed by atoms with van der Waals surface area (Å²) in [5.74, 6) is -0.128. The first kappa shape index (κ1) is 21.3. The number of aromatic carboxylic acids is 1. The van der Waals surface area contributed by atoms with Gasteiger partial charge in [-0.3, -0.25) is 0 Å². The molecule has 32 heavy (non-hydrogen) atoms. The first-order valence-corrected chi connectivity index (χ1v) is 11.5. The van der Waals surface area contributed by atoms with Crippen LogP contribution in [0.1, 0.15) is 16.2 Å². The molecular weight excluding hydrogens is 430 g/mol. The number of ether oxygens (including phenoxy) is 1. The summed E-state index contributed by atoms with van der Waals surface area (Å²) in [4.78, 5) is 16.2. The highest BCUT2D eigenvalue weighted by molar-refractivity contribution is 7.90. The predicted molar refractivity (Wildman–Crippen MR) is 118 cm³/mol. The minimum Gasteiger partial charge on any atom is -0.483 e. The number of hydrogen-bond donors (Lipinski definition) is 1. The van der Waals surface area contributed by atoms with Crippen molar-refractivity contribution in [2.45, 2.75) is 11.5 Å². The van der Waals surface area contributed by atoms with Gasteiger partial charge in [-0.25, -0.2) is 18.2 Å². The van der Waals surface area contributed by atoms with Gasteiger partial charge in [-0.1, -0.05) is 54.6 Å². The smallest absolute Gasteiger partial charge is 0.339 e. The van der Waals surface area contributed by atoms with E-state index >= 15 is 0 Å². The van der Waals surface area contributed by atoms with Gasteiger partial charge in [-0.2, -0.15) is 0 Å². The van der Waals surface area contributed by atoms with Crippen molar-refractivity contribution in [2.24, 2.45) is 0 Å². The normalized spacial score (nSPS) is 11.3. The van der Waals surface area contributed by atoms with E-state index in [2.05, 4.69) is 4.98 Å². The van der Waals surface area contributed by atoms with Crippen LogP contribution < -0.4 is 4.74 Å². The van der Waals surface area contributed by atoms with Gasteiger partial charge in [-0.05, 0) is 24.3 Å². The van der Waals surface area contributed by atoms with Crippen molar-refractivity contribution in [3.8, 4) is 28.3 Å². The number of aromatic nitrogens is 1. The van der Waals surface area contributed by atoms with Gasteiger partial charge in [-0.15, -0.1) is 0 Å². The number of nitrogens with zero attached hydrogens (tertiary/aromatic N) is 1. The van der Waals surface area contributed by atoms with Crippen molar-refractivity contribution in [1.29, 1.82) is 0 Å². The van der Waals surface area contributed by atoms with Crippen LogP contribution in [0.15, 0.2) is 88.2 Å². The number of sulfone groups is 1. The van der Waals surface area contributed by atoms with Crippen molar-refractivity contribution in [3.05, 3.63) is 90.3 Å². The fourth-order valence-electron chi connectivity index (χ4n) is 3.18. The zero-order valence-electron chi connectivity index (χ0n) is 17.1. The molecule has 0 unspecified atom stereocenters. The molecule has 0 aliphatic carbocycles. The Labute approximate surface area is 184 Å². The molecule has 3 aromatic carbocycles. The quantitative estimate of drug-likeness (QED) is 0.436. The van der Waals surface area contributed by atoms with Crippen LogP contribution >= 0.6 is 0 Å². The Morgan fingerprint density at radius 3 is 2.25 bits per heavy atom. The maximum Gasteiger partial charge on any atom is 0.339 e. The highest BCUT2D eigenvalue weighted by Gasteiger charge is 2.19. The first-order valence-electron chi connectivity index (χ1n) is 9.63. The number of carboxylic acid groups (broad SMARTS) is 1. The number of hydrogen-bond acceptors (Lipinski definition) is 6. The standard InChI is InChI=1S/C24H19NO6S/c1-32(28,29)18-13-11-16(12-14-18)22-23(17-7-3-2-4-8-17)31-21(25-22)15-30-20-10-6-5-9-19(20)24(26)27/h2-14H,15H2,1H3,(H,26,27). The molecule has 8 heteroatoms. The topological polar surface area (TPSA) is 107 Å². The van der Waals surface area contributed by atoms with E-state index < -0.39 is 15.8 Å². The third-order valence-corrected chi connectivity index (χ3v) is 5.86. The van der Waals surface area contributed by atoms with Crippen molar-refractivity contribution < 1.29 is 27.5 Å². The predicted octanol–water partition coefficient (Wildman–Crippen LogP) is 4.69. The van der Waals surface area contributed by atoms with Gasteiger partial charge >= 0.3 is 5.97 Å². The molecule has 0 atom stereocenters. The maximum atomic E-state index is 11.8. The summed E-state index contributed by atoms with van der Waals surface area (Å²) in [5.41, 5.74) is 2.04. The van der Waals surface area contributed by atoms with Crippen LogP contribution in [0, 0.1) is 0 Å². The molecule has 0 radical (unpaired) electrons. The third-order valence-electron chi connectivity index (χ3n) is 4.73. The lowest BCUT2D eigenvalue weighted by molar-refractivity contribution is 0.0691. The van der Waals surface area contributed by atoms with E-state index in [1.54, 1.807) is 30.3 Å². The Kier molecular flexibility index (Phi) is 5.79. The summed E-state index contributed by atoms with van der Waals surface area (Å²) in [6.45, 7) is -0.0778. The van der Waals surface area contributed by atoms with E-state index in [0.29, 0.717) is 17.0 Å². The lowest BCUT2D eigenvalue weighted by Gasteiger charge is -2.06. The first-order chi connectivity index (χ1) is 15.3. The van der Waals surface area contributed by atoms with Gasteiger partial charge in [0.05, 0.1) is 4.90 Å². The molecule has 4 rings (SSSR count). The number of rotatable bonds is 7. The zero-order valence-corrected chi connectivity index (χ0v) is 17.9. The van der Waals surface area contributed by atoms with Crippen LogP contribution in [0.2, 0.25) is 0 Å². The van der Waals surface area contributed by atoms with Crippen molar-refractivity contribution in [3.63, 3.8) is 0 Å². The van der Waals surface area contributed by atoms with Crippen LogP contribution in [0.5, 0.6) is 5.75 Å². The second-order valence-corrected chi connectivity index (χ2v) is 9.05. The molecule has 4 aromatic rings. The van der Waals surface area contributed by atoms with Crippen LogP contribution in [-0.4, -0.2) is 30.7 Å². The third kappa shape index (κ3) is 4.55. The molecule has 0 aliphatic heterocycles. The van der Waals surface area contributed by atoms with Gasteiger partial charge in [0, 0.05) is 17.4 Å². The molecule has 1 heterocycles. The molecule has 1 aromatic heterocycles. The van der Waals surface area contributed by atoms with Gasteiger partial charge in [0.2, 0.25) is 5.89 Å². The van der Waals surface area contributed by atoms with Crippen molar-refractivity contribution in [1.82, 2.24) is 4.98 Å². The SMILES string of the molecule is CS(=O)(=O)c1ccc(-c2nc(COc3ccccc3C(=O)O)oc2-c2ccccc2)cc1. The Morgan fingerprint density at radius 2 is 1.59 bits per heavy atom. The van der Waals surface area contributed by atoms with E-state index in [9.17, 15) is 18.3 Å². The summed E-state index contributed by atoms with van der Waals surface area (Å²) in [5, 5.41) is 9.33. The molecule has 0 amide bonds. The minimum atomic E-state index is -3.32. The number of oxazole rings is 1. The second kappa shape index (κ2) is 8.68. The van der Waals surface area contributed by atoms with Crippen molar-refractivity contribution >= 4 is 15.8 Å². The number of para-hydroxylation sites is 1. The molecule has 0 saturated carbocycles. The summed E-state index contributed by atoms with van der Waals surface area (Å²) in [6, 6.07) is 22.1. The largest absolute Gasteiger partial charge is 0.483 e. The van der Waals surface area contributed by atoms with Gasteiger partial charge in [0.15, 0.2) is 22.2 Å². The molecule has 0 aliphatic rings. The lowest BCUT2D eigenvalue weighted by Crippen LogP contribution is -2.03. The lowest BCUT2D eigenvalue weighted by atomic mass is 10.1.